The molecule has 0 aliphatic carbocycles. The lowest BCUT2D eigenvalue weighted by atomic mass is 10.0. The van der Waals surface area contributed by atoms with E-state index >= 15 is 0 Å². The maximum atomic E-state index is 10.4. The van der Waals surface area contributed by atoms with Crippen LogP contribution < -0.4 is 0 Å². The Kier molecular flexibility index (Phi) is 8.45. The van der Waals surface area contributed by atoms with Crippen LogP contribution in [-0.4, -0.2) is 19.3 Å². The molecule has 0 aliphatic rings. The minimum Gasteiger partial charge on any atom is -0.393 e. The Morgan fingerprint density at radius 3 is 1.92 bits per heavy atom. The molecule has 0 aliphatic heterocycles. The van der Waals surface area contributed by atoms with Gasteiger partial charge in [-0.15, -0.1) is 6.58 Å². The molecule has 1 N–H and O–H groups in total. The summed E-state index contributed by atoms with van der Waals surface area (Å²) in [6, 6.07) is 11.6. The van der Waals surface area contributed by atoms with Crippen LogP contribution in [0.5, 0.6) is 0 Å². The zero-order valence-electron chi connectivity index (χ0n) is 16.7. The Bertz CT molecular complexity index is 468. The molecule has 0 fully saturated rings. The Morgan fingerprint density at radius 2 is 1.46 bits per heavy atom. The molecule has 136 valence electrons. The van der Waals surface area contributed by atoms with Gasteiger partial charge in [-0.25, -0.2) is 0 Å². The van der Waals surface area contributed by atoms with Crippen molar-refractivity contribution in [2.24, 2.45) is 0 Å². The Morgan fingerprint density at radius 1 is 0.958 bits per heavy atom. The molecule has 24 heavy (non-hydrogen) atoms. The van der Waals surface area contributed by atoms with Gasteiger partial charge < -0.3 is 5.11 Å². The zero-order chi connectivity index (χ0) is 18.3. The average Bonchev–Trinajstić information content (AvgIpc) is 2.50. The molecule has 0 saturated carbocycles. The summed E-state index contributed by atoms with van der Waals surface area (Å²) in [5, 5.41) is 10.4. The van der Waals surface area contributed by atoms with Crippen molar-refractivity contribution in [3.8, 4) is 0 Å². The first-order valence-electron chi connectivity index (χ1n) is 9.58. The van der Waals surface area contributed by atoms with Crippen molar-refractivity contribution in [1.82, 2.24) is 0 Å². The molecule has 1 atom stereocenters. The first-order chi connectivity index (χ1) is 11.2. The Hall–Kier alpha value is -0.863. The highest BCUT2D eigenvalue weighted by atomic mass is 28.3. The van der Waals surface area contributed by atoms with E-state index in [1.54, 1.807) is 0 Å². The molecule has 0 saturated heterocycles. The van der Waals surface area contributed by atoms with E-state index in [9.17, 15) is 5.11 Å². The molecule has 1 aromatic rings. The Labute approximate surface area is 151 Å². The van der Waals surface area contributed by atoms with Gasteiger partial charge in [-0.05, 0) is 30.9 Å². The van der Waals surface area contributed by atoms with Crippen LogP contribution in [0, 0.1) is 0 Å². The quantitative estimate of drug-likeness (QED) is 0.373. The highest BCUT2D eigenvalue weighted by Gasteiger charge is 2.42. The fraction of sp³-hybridized carbons (Fsp3) is 0.636. The van der Waals surface area contributed by atoms with E-state index in [2.05, 4.69) is 72.4 Å². The number of benzene rings is 1. The summed E-state index contributed by atoms with van der Waals surface area (Å²) in [7, 11) is -1.46. The third kappa shape index (κ3) is 5.60. The predicted molar refractivity (Wildman–Crippen MR) is 110 cm³/mol. The predicted octanol–water partition coefficient (Wildman–Crippen LogP) is 6.61. The van der Waals surface area contributed by atoms with Gasteiger partial charge in [0.1, 0.15) is 0 Å². The smallest absolute Gasteiger partial charge is 0.0653 e. The van der Waals surface area contributed by atoms with Crippen LogP contribution in [0.15, 0.2) is 42.5 Å². The van der Waals surface area contributed by atoms with Crippen LogP contribution in [0.1, 0.15) is 59.9 Å². The molecule has 1 nitrogen and oxygen atoms in total. The largest absolute Gasteiger partial charge is 0.393 e. The zero-order valence-corrected chi connectivity index (χ0v) is 17.7. The minimum absolute atomic E-state index is 0.268. The third-order valence-electron chi connectivity index (χ3n) is 5.91. The van der Waals surface area contributed by atoms with E-state index in [4.69, 9.17) is 0 Å². The molecule has 0 spiro atoms. The normalized spacial score (nSPS) is 13.8. The summed E-state index contributed by atoms with van der Waals surface area (Å²) < 4.78 is 0. The molecule has 1 rings (SSSR count). The van der Waals surface area contributed by atoms with Gasteiger partial charge >= 0.3 is 0 Å². The maximum Gasteiger partial charge on any atom is 0.0653 e. The van der Waals surface area contributed by atoms with E-state index in [1.807, 2.05) is 6.07 Å². The number of hydrogen-bond acceptors (Lipinski definition) is 1. The molecule has 0 unspecified atom stereocenters. The van der Waals surface area contributed by atoms with Crippen LogP contribution in [0.2, 0.25) is 22.7 Å². The minimum atomic E-state index is -1.46. The standard InChI is InChI=1S/C22H38OSi/c1-17(2)24(18(3)4,19(5)6)16-20(7)15-22(23)14-13-21-11-9-8-10-12-21/h8-12,17-19,22-23H,7,13-16H2,1-6H3/t22-/m0/s1. The van der Waals surface area contributed by atoms with Gasteiger partial charge in [0.05, 0.1) is 14.2 Å². The first kappa shape index (κ1) is 21.2. The highest BCUT2D eigenvalue weighted by molar-refractivity contribution is 6.84. The fourth-order valence-corrected chi connectivity index (χ4v) is 10.8. The summed E-state index contributed by atoms with van der Waals surface area (Å²) >= 11 is 0. The number of rotatable bonds is 10. The van der Waals surface area contributed by atoms with Crippen LogP contribution in [0.4, 0.5) is 0 Å². The van der Waals surface area contributed by atoms with Crippen molar-refractivity contribution in [1.29, 1.82) is 0 Å². The van der Waals surface area contributed by atoms with Gasteiger partial charge in [-0.2, -0.15) is 0 Å². The molecular formula is C22H38OSi. The maximum absolute atomic E-state index is 10.4. The third-order valence-corrected chi connectivity index (χ3v) is 13.5. The van der Waals surface area contributed by atoms with Gasteiger partial charge in [-0.1, -0.05) is 94.1 Å². The van der Waals surface area contributed by atoms with Crippen LogP contribution >= 0.6 is 0 Å². The van der Waals surface area contributed by atoms with Gasteiger partial charge in [-0.3, -0.25) is 0 Å². The van der Waals surface area contributed by atoms with Crippen molar-refractivity contribution in [2.75, 3.05) is 0 Å². The number of hydrogen-bond donors (Lipinski definition) is 1. The lowest BCUT2D eigenvalue weighted by molar-refractivity contribution is 0.165. The van der Waals surface area contributed by atoms with E-state index in [0.717, 1.165) is 41.9 Å². The van der Waals surface area contributed by atoms with Crippen molar-refractivity contribution in [2.45, 2.75) is 89.6 Å². The molecule has 0 heterocycles. The van der Waals surface area contributed by atoms with E-state index < -0.39 is 8.07 Å². The number of aliphatic hydroxyl groups is 1. The molecule has 1 aromatic carbocycles. The van der Waals surface area contributed by atoms with Gasteiger partial charge in [0, 0.05) is 0 Å². The van der Waals surface area contributed by atoms with Crippen LogP contribution in [0.3, 0.4) is 0 Å². The second kappa shape index (κ2) is 9.58. The van der Waals surface area contributed by atoms with E-state index in [-0.39, 0.29) is 6.10 Å². The highest BCUT2D eigenvalue weighted by Crippen LogP contribution is 2.46. The monoisotopic (exact) mass is 346 g/mol. The number of aliphatic hydroxyl groups excluding tert-OH is 1. The van der Waals surface area contributed by atoms with Crippen LogP contribution in [0.25, 0.3) is 0 Å². The van der Waals surface area contributed by atoms with Gasteiger partial charge in [0.2, 0.25) is 0 Å². The second-order valence-corrected chi connectivity index (χ2v) is 14.4. The Balaban J connectivity index is 2.62. The van der Waals surface area contributed by atoms with Gasteiger partial charge in [0.15, 0.2) is 0 Å². The average molecular weight is 347 g/mol. The van der Waals surface area contributed by atoms with E-state index in [0.29, 0.717) is 0 Å². The molecular weight excluding hydrogens is 308 g/mol. The van der Waals surface area contributed by atoms with E-state index in [1.165, 1.54) is 11.1 Å². The van der Waals surface area contributed by atoms with Crippen molar-refractivity contribution in [3.63, 3.8) is 0 Å². The summed E-state index contributed by atoms with van der Waals surface area (Å²) in [5.74, 6) is 0. The van der Waals surface area contributed by atoms with Crippen molar-refractivity contribution < 1.29 is 5.11 Å². The summed E-state index contributed by atoms with van der Waals surface area (Å²) in [5.41, 5.74) is 4.80. The lowest BCUT2D eigenvalue weighted by Crippen LogP contribution is -2.44. The summed E-state index contributed by atoms with van der Waals surface area (Å²) in [6.07, 6.45) is 2.25. The van der Waals surface area contributed by atoms with Gasteiger partial charge in [0.25, 0.3) is 0 Å². The fourth-order valence-electron chi connectivity index (χ4n) is 4.53. The molecule has 2 heteroatoms. The van der Waals surface area contributed by atoms with Crippen molar-refractivity contribution >= 4 is 8.07 Å². The second-order valence-electron chi connectivity index (χ2n) is 8.39. The molecule has 0 bridgehead atoms. The van der Waals surface area contributed by atoms with Crippen molar-refractivity contribution in [3.05, 3.63) is 48.0 Å². The SMILES string of the molecule is C=C(C[C@@H](O)CCc1ccccc1)C[Si](C(C)C)(C(C)C)C(C)C. The molecule has 0 amide bonds. The summed E-state index contributed by atoms with van der Waals surface area (Å²) in [6.45, 7) is 18.7. The van der Waals surface area contributed by atoms with Crippen LogP contribution in [-0.2, 0) is 6.42 Å². The summed E-state index contributed by atoms with van der Waals surface area (Å²) in [4.78, 5) is 0. The topological polar surface area (TPSA) is 20.2 Å². The first-order valence-corrected chi connectivity index (χ1v) is 12.0. The lowest BCUT2D eigenvalue weighted by Gasteiger charge is -2.44. The number of aryl methyl sites for hydroxylation is 1. The molecule has 0 radical (unpaired) electrons. The molecule has 0 aromatic heterocycles.